The molecule has 0 amide bonds. The lowest BCUT2D eigenvalue weighted by molar-refractivity contribution is -0.141. The number of ether oxygens (including phenoxy) is 1. The van der Waals surface area contributed by atoms with E-state index in [1.807, 2.05) is 62.4 Å². The summed E-state index contributed by atoms with van der Waals surface area (Å²) in [5.74, 6) is -0.103. The van der Waals surface area contributed by atoms with Crippen molar-refractivity contribution in [3.8, 4) is 5.75 Å². The number of nitrogens with one attached hydrogen (secondary N) is 1. The van der Waals surface area contributed by atoms with Crippen LogP contribution in [0.1, 0.15) is 19.4 Å². The quantitative estimate of drug-likeness (QED) is 0.594. The van der Waals surface area contributed by atoms with Crippen LogP contribution in [0.25, 0.3) is 5.57 Å². The Morgan fingerprint density at radius 3 is 2.66 bits per heavy atom. The van der Waals surface area contributed by atoms with Crippen molar-refractivity contribution < 1.29 is 19.5 Å². The van der Waals surface area contributed by atoms with Crippen molar-refractivity contribution in [2.45, 2.75) is 32.6 Å². The highest BCUT2D eigenvalue weighted by Crippen LogP contribution is 2.21. The van der Waals surface area contributed by atoms with Gasteiger partial charge >= 0.3 is 5.97 Å². The Balaban J connectivity index is 1.31. The molecule has 8 nitrogen and oxygen atoms in total. The zero-order valence-electron chi connectivity index (χ0n) is 20.2. The Morgan fingerprint density at radius 2 is 1.97 bits per heavy atom. The first kappa shape index (κ1) is 23.5. The molecular weight excluding hydrogens is 444 g/mol. The maximum Gasteiger partial charge on any atom is 0.325 e. The number of hydrogen-bond acceptors (Lipinski definition) is 7. The maximum absolute atomic E-state index is 12.5. The van der Waals surface area contributed by atoms with Crippen molar-refractivity contribution in [1.29, 1.82) is 0 Å². The SMILES string of the molecule is CC1=C(CN2CCN([C@H](C(=O)O)C3=c4cc(OCc5ccccc5)ccc4=NC3)CC2)[C@@H](C)ON1. The molecule has 8 heteroatoms. The van der Waals surface area contributed by atoms with Crippen molar-refractivity contribution >= 4 is 11.5 Å². The van der Waals surface area contributed by atoms with Crippen LogP contribution >= 0.6 is 0 Å². The van der Waals surface area contributed by atoms with Crippen LogP contribution in [0, 0.1) is 0 Å². The lowest BCUT2D eigenvalue weighted by Crippen LogP contribution is -2.54. The molecule has 184 valence electrons. The van der Waals surface area contributed by atoms with Gasteiger partial charge in [0.2, 0.25) is 0 Å². The van der Waals surface area contributed by atoms with Crippen LogP contribution in [-0.2, 0) is 16.2 Å². The van der Waals surface area contributed by atoms with E-state index >= 15 is 0 Å². The largest absolute Gasteiger partial charge is 0.489 e. The van der Waals surface area contributed by atoms with Crippen molar-refractivity contribution in [3.05, 3.63) is 75.9 Å². The van der Waals surface area contributed by atoms with E-state index in [1.54, 1.807) is 0 Å². The zero-order valence-corrected chi connectivity index (χ0v) is 20.2. The number of fused-ring (bicyclic) bond motifs is 1. The molecule has 2 atom stereocenters. The third-order valence-electron chi connectivity index (χ3n) is 7.07. The Labute approximate surface area is 205 Å². The van der Waals surface area contributed by atoms with Gasteiger partial charge in [0.05, 0.1) is 11.9 Å². The van der Waals surface area contributed by atoms with Crippen LogP contribution in [0.2, 0.25) is 0 Å². The predicted molar refractivity (Wildman–Crippen MR) is 132 cm³/mol. The van der Waals surface area contributed by atoms with Gasteiger partial charge in [0.25, 0.3) is 0 Å². The highest BCUT2D eigenvalue weighted by molar-refractivity contribution is 5.86. The van der Waals surface area contributed by atoms with Crippen molar-refractivity contribution in [2.75, 3.05) is 39.3 Å². The molecule has 0 spiro atoms. The van der Waals surface area contributed by atoms with Gasteiger partial charge in [-0.15, -0.1) is 0 Å². The second kappa shape index (κ2) is 10.2. The van der Waals surface area contributed by atoms with Gasteiger partial charge in [-0.25, -0.2) is 0 Å². The molecule has 0 unspecified atom stereocenters. The number of carboxylic acids is 1. The first-order valence-corrected chi connectivity index (χ1v) is 12.1. The van der Waals surface area contributed by atoms with Crippen molar-refractivity contribution in [3.63, 3.8) is 0 Å². The molecule has 2 aromatic carbocycles. The fourth-order valence-electron chi connectivity index (χ4n) is 5.04. The normalized spacial score (nSPS) is 21.4. The number of carbonyl (C=O) groups is 1. The molecule has 1 saturated heterocycles. The van der Waals surface area contributed by atoms with Crippen LogP contribution in [-0.4, -0.2) is 72.3 Å². The van der Waals surface area contributed by atoms with E-state index in [-0.39, 0.29) is 6.10 Å². The summed E-state index contributed by atoms with van der Waals surface area (Å²) in [6, 6.07) is 15.1. The number of rotatable bonds is 8. The van der Waals surface area contributed by atoms with Gasteiger partial charge in [-0.2, -0.15) is 0 Å². The van der Waals surface area contributed by atoms with Gasteiger partial charge in [-0.05, 0) is 48.8 Å². The molecule has 2 aromatic rings. The first-order valence-electron chi connectivity index (χ1n) is 12.1. The smallest absolute Gasteiger partial charge is 0.325 e. The molecule has 0 saturated carbocycles. The number of hydroxylamine groups is 1. The number of nitrogens with zero attached hydrogens (tertiary/aromatic N) is 3. The molecule has 35 heavy (non-hydrogen) atoms. The number of carboxylic acid groups (broad SMARTS) is 1. The second-order valence-electron chi connectivity index (χ2n) is 9.36. The van der Waals surface area contributed by atoms with Gasteiger partial charge in [0, 0.05) is 43.6 Å². The summed E-state index contributed by atoms with van der Waals surface area (Å²) in [4.78, 5) is 27.0. The van der Waals surface area contributed by atoms with E-state index in [0.29, 0.717) is 26.2 Å². The molecule has 1 fully saturated rings. The number of aliphatic carboxylic acids is 1. The Kier molecular flexibility index (Phi) is 6.86. The minimum absolute atomic E-state index is 0.0604. The maximum atomic E-state index is 12.5. The van der Waals surface area contributed by atoms with Crippen molar-refractivity contribution in [1.82, 2.24) is 15.3 Å². The lowest BCUT2D eigenvalue weighted by atomic mass is 10.0. The van der Waals surface area contributed by atoms with Gasteiger partial charge in [0.15, 0.2) is 0 Å². The van der Waals surface area contributed by atoms with Crippen LogP contribution in [0.15, 0.2) is 64.8 Å². The minimum Gasteiger partial charge on any atom is -0.489 e. The van der Waals surface area contributed by atoms with E-state index in [1.165, 1.54) is 5.57 Å². The summed E-state index contributed by atoms with van der Waals surface area (Å²) in [7, 11) is 0. The summed E-state index contributed by atoms with van der Waals surface area (Å²) in [5, 5.41) is 11.9. The number of hydrogen-bond donors (Lipinski definition) is 2. The Hall–Kier alpha value is -3.20. The van der Waals surface area contributed by atoms with E-state index in [2.05, 4.69) is 20.3 Å². The fourth-order valence-corrected chi connectivity index (χ4v) is 5.04. The third kappa shape index (κ3) is 5.10. The average molecular weight is 477 g/mol. The lowest BCUT2D eigenvalue weighted by Gasteiger charge is -2.38. The van der Waals surface area contributed by atoms with Crippen LogP contribution in [0.3, 0.4) is 0 Å². The summed E-state index contributed by atoms with van der Waals surface area (Å²) in [5.41, 5.74) is 7.22. The number of allylic oxidation sites excluding steroid dienone is 1. The van der Waals surface area contributed by atoms with E-state index in [4.69, 9.17) is 9.57 Å². The first-order chi connectivity index (χ1) is 17.0. The van der Waals surface area contributed by atoms with Gasteiger partial charge in [-0.3, -0.25) is 29.9 Å². The average Bonchev–Trinajstić information content (AvgIpc) is 3.42. The Morgan fingerprint density at radius 1 is 1.20 bits per heavy atom. The predicted octanol–water partition coefficient (Wildman–Crippen LogP) is 1.32. The molecule has 5 rings (SSSR count). The third-order valence-corrected chi connectivity index (χ3v) is 7.07. The van der Waals surface area contributed by atoms with E-state index in [9.17, 15) is 9.90 Å². The van der Waals surface area contributed by atoms with Crippen LogP contribution in [0.5, 0.6) is 5.75 Å². The van der Waals surface area contributed by atoms with Crippen LogP contribution in [0.4, 0.5) is 0 Å². The Bertz CT molecular complexity index is 1240. The van der Waals surface area contributed by atoms with Crippen molar-refractivity contribution in [2.24, 2.45) is 4.99 Å². The number of piperazine rings is 1. The van der Waals surface area contributed by atoms with Gasteiger partial charge in [0.1, 0.15) is 24.5 Å². The summed E-state index contributed by atoms with van der Waals surface area (Å²) in [6.45, 7) is 8.78. The minimum atomic E-state index is -0.826. The molecule has 0 radical (unpaired) electrons. The molecule has 0 aromatic heterocycles. The topological polar surface area (TPSA) is 86.6 Å². The van der Waals surface area contributed by atoms with Gasteiger partial charge < -0.3 is 9.84 Å². The summed E-state index contributed by atoms with van der Waals surface area (Å²) in [6.07, 6.45) is 0.0604. The second-order valence-corrected chi connectivity index (χ2v) is 9.36. The summed E-state index contributed by atoms with van der Waals surface area (Å²) >= 11 is 0. The number of benzene rings is 2. The molecule has 3 heterocycles. The van der Waals surface area contributed by atoms with E-state index < -0.39 is 12.0 Å². The molecule has 0 bridgehead atoms. The zero-order chi connectivity index (χ0) is 24.4. The highest BCUT2D eigenvalue weighted by atomic mass is 16.7. The van der Waals surface area contributed by atoms with Crippen LogP contribution < -0.4 is 20.8 Å². The van der Waals surface area contributed by atoms with E-state index in [0.717, 1.165) is 52.8 Å². The highest BCUT2D eigenvalue weighted by Gasteiger charge is 2.34. The molecule has 3 aliphatic heterocycles. The fraction of sp³-hybridized carbons (Fsp3) is 0.407. The monoisotopic (exact) mass is 476 g/mol. The molecule has 2 N–H and O–H groups in total. The molecular formula is C27H32N4O4. The molecule has 3 aliphatic rings. The van der Waals surface area contributed by atoms with Gasteiger partial charge in [-0.1, -0.05) is 30.3 Å². The standard InChI is InChI=1S/C27H32N4O4/c1-18-24(19(2)35-29-18)16-30-10-12-31(13-11-30)26(27(32)33)23-15-28-25-9-8-21(14-22(23)25)34-17-20-6-4-3-5-7-20/h3-9,14,19,26,29H,10-13,15-17H2,1-2H3,(H,32,33)/t19-,26+/m1/s1. The summed E-state index contributed by atoms with van der Waals surface area (Å²) < 4.78 is 6.00. The molecule has 0 aliphatic carbocycles.